The molecule has 0 unspecified atom stereocenters. The van der Waals surface area contributed by atoms with Gasteiger partial charge in [-0.3, -0.25) is 19.2 Å². The number of rotatable bonds is 7. The number of aryl methyl sites for hydroxylation is 1. The van der Waals surface area contributed by atoms with Crippen LogP contribution in [0.3, 0.4) is 0 Å². The lowest BCUT2D eigenvalue weighted by molar-refractivity contribution is -0.126. The SMILES string of the molecule is COc1ccc(-c2cc3n(n2)C[C@](C)(C(=O)NCc2ccccc2OC)N(c2ccccc2C)C3=O)cc1. The summed E-state index contributed by atoms with van der Waals surface area (Å²) in [4.78, 5) is 29.5. The van der Waals surface area contributed by atoms with E-state index in [-0.39, 0.29) is 24.9 Å². The number of fused-ring (bicyclic) bond motifs is 1. The number of hydrogen-bond acceptors (Lipinski definition) is 5. The Labute approximate surface area is 221 Å². The van der Waals surface area contributed by atoms with Crippen molar-refractivity contribution in [3.05, 3.63) is 95.7 Å². The zero-order valence-electron chi connectivity index (χ0n) is 21.9. The second-order valence-electron chi connectivity index (χ2n) is 9.50. The maximum atomic E-state index is 14.1. The highest BCUT2D eigenvalue weighted by Gasteiger charge is 2.49. The molecule has 0 saturated carbocycles. The number of methoxy groups -OCH3 is 2. The van der Waals surface area contributed by atoms with E-state index in [0.717, 1.165) is 22.4 Å². The molecule has 0 fully saturated rings. The average Bonchev–Trinajstić information content (AvgIpc) is 3.37. The van der Waals surface area contributed by atoms with Gasteiger partial charge in [-0.25, -0.2) is 0 Å². The second kappa shape index (κ2) is 10.0. The number of aromatic nitrogens is 2. The molecule has 0 radical (unpaired) electrons. The highest BCUT2D eigenvalue weighted by molar-refractivity contribution is 6.12. The van der Waals surface area contributed by atoms with E-state index in [1.54, 1.807) is 36.8 Å². The van der Waals surface area contributed by atoms with Gasteiger partial charge in [0.05, 0.1) is 26.5 Å². The first-order valence-corrected chi connectivity index (χ1v) is 12.4. The highest BCUT2D eigenvalue weighted by atomic mass is 16.5. The van der Waals surface area contributed by atoms with Crippen LogP contribution in [0.15, 0.2) is 78.9 Å². The lowest BCUT2D eigenvalue weighted by atomic mass is 9.93. The van der Waals surface area contributed by atoms with Gasteiger partial charge in [0.15, 0.2) is 0 Å². The molecule has 1 aliphatic rings. The molecule has 0 aliphatic carbocycles. The lowest BCUT2D eigenvalue weighted by Gasteiger charge is -2.43. The molecule has 1 aliphatic heterocycles. The standard InChI is InChI=1S/C30H30N4O4/c1-20-9-5-7-11-25(20)34-28(35)26-17-24(21-13-15-23(37-3)16-14-21)32-33(26)19-30(34,2)29(36)31-18-22-10-6-8-12-27(22)38-4/h5-17H,18-19H2,1-4H3,(H,31,36)/t30-/m1/s1. The van der Waals surface area contributed by atoms with Crippen molar-refractivity contribution in [1.29, 1.82) is 0 Å². The third-order valence-electron chi connectivity index (χ3n) is 7.02. The van der Waals surface area contributed by atoms with Gasteiger partial charge in [-0.15, -0.1) is 0 Å². The molecule has 8 heteroatoms. The van der Waals surface area contributed by atoms with Gasteiger partial charge in [0.25, 0.3) is 5.91 Å². The molecular formula is C30H30N4O4. The third kappa shape index (κ3) is 4.38. The Hall–Kier alpha value is -4.59. The molecule has 0 bridgehead atoms. The fraction of sp³-hybridized carbons (Fsp3) is 0.233. The summed E-state index contributed by atoms with van der Waals surface area (Å²) in [5, 5.41) is 7.77. The summed E-state index contributed by atoms with van der Waals surface area (Å²) in [6.45, 7) is 4.17. The van der Waals surface area contributed by atoms with Gasteiger partial charge in [0, 0.05) is 23.4 Å². The summed E-state index contributed by atoms with van der Waals surface area (Å²) in [5.74, 6) is 0.852. The van der Waals surface area contributed by atoms with Gasteiger partial charge in [0.2, 0.25) is 5.91 Å². The van der Waals surface area contributed by atoms with Crippen LogP contribution in [-0.2, 0) is 17.9 Å². The van der Waals surface area contributed by atoms with Crippen LogP contribution in [-0.4, -0.2) is 41.4 Å². The number of hydrogen-bond donors (Lipinski definition) is 1. The fourth-order valence-electron chi connectivity index (χ4n) is 4.89. The molecule has 0 saturated heterocycles. The molecule has 3 aromatic carbocycles. The van der Waals surface area contributed by atoms with Gasteiger partial charge in [-0.05, 0) is 61.9 Å². The van der Waals surface area contributed by atoms with Gasteiger partial charge in [0.1, 0.15) is 22.7 Å². The Bertz CT molecular complexity index is 1490. The predicted octanol–water partition coefficient (Wildman–Crippen LogP) is 4.61. The van der Waals surface area contributed by atoms with Gasteiger partial charge in [-0.2, -0.15) is 5.10 Å². The minimum absolute atomic E-state index is 0.191. The van der Waals surface area contributed by atoms with Crippen LogP contribution < -0.4 is 19.7 Å². The molecule has 0 spiro atoms. The van der Waals surface area contributed by atoms with E-state index < -0.39 is 5.54 Å². The summed E-state index contributed by atoms with van der Waals surface area (Å²) in [6, 6.07) is 24.4. The Morgan fingerprint density at radius 1 is 1.00 bits per heavy atom. The Balaban J connectivity index is 1.53. The lowest BCUT2D eigenvalue weighted by Crippen LogP contribution is -2.64. The molecule has 194 valence electrons. The first-order chi connectivity index (χ1) is 18.4. The van der Waals surface area contributed by atoms with E-state index in [4.69, 9.17) is 14.6 Å². The number of nitrogens with zero attached hydrogens (tertiary/aromatic N) is 3. The van der Waals surface area contributed by atoms with E-state index in [1.165, 1.54) is 0 Å². The van der Waals surface area contributed by atoms with Gasteiger partial charge in [-0.1, -0.05) is 36.4 Å². The smallest absolute Gasteiger partial charge is 0.277 e. The van der Waals surface area contributed by atoms with Crippen molar-refractivity contribution < 1.29 is 19.1 Å². The number of para-hydroxylation sites is 2. The monoisotopic (exact) mass is 510 g/mol. The fourth-order valence-corrected chi connectivity index (χ4v) is 4.89. The molecule has 8 nitrogen and oxygen atoms in total. The molecule has 1 aromatic heterocycles. The van der Waals surface area contributed by atoms with Crippen LogP contribution in [0.4, 0.5) is 5.69 Å². The zero-order chi connectivity index (χ0) is 26.9. The summed E-state index contributed by atoms with van der Waals surface area (Å²) in [5.41, 5.74) is 3.12. The minimum Gasteiger partial charge on any atom is -0.497 e. The Morgan fingerprint density at radius 3 is 2.42 bits per heavy atom. The van der Waals surface area contributed by atoms with Crippen molar-refractivity contribution in [2.45, 2.75) is 32.5 Å². The highest BCUT2D eigenvalue weighted by Crippen LogP contribution is 2.36. The summed E-state index contributed by atoms with van der Waals surface area (Å²) >= 11 is 0. The van der Waals surface area contributed by atoms with Crippen LogP contribution in [0.25, 0.3) is 11.3 Å². The minimum atomic E-state index is -1.23. The molecular weight excluding hydrogens is 480 g/mol. The van der Waals surface area contributed by atoms with Gasteiger partial charge >= 0.3 is 0 Å². The number of benzene rings is 3. The summed E-state index contributed by atoms with van der Waals surface area (Å²) in [7, 11) is 3.21. The quantitative estimate of drug-likeness (QED) is 0.392. The number of amides is 2. The second-order valence-corrected chi connectivity index (χ2v) is 9.50. The molecule has 1 atom stereocenters. The number of ether oxygens (including phenoxy) is 2. The first kappa shape index (κ1) is 25.1. The van der Waals surface area contributed by atoms with Gasteiger partial charge < -0.3 is 14.8 Å². The summed E-state index contributed by atoms with van der Waals surface area (Å²) in [6.07, 6.45) is 0. The van der Waals surface area contributed by atoms with Crippen LogP contribution in [0.2, 0.25) is 0 Å². The largest absolute Gasteiger partial charge is 0.497 e. The number of nitrogens with one attached hydrogen (secondary N) is 1. The average molecular weight is 511 g/mol. The van der Waals surface area contributed by atoms with Crippen molar-refractivity contribution in [1.82, 2.24) is 15.1 Å². The van der Waals surface area contributed by atoms with Crippen molar-refractivity contribution in [3.8, 4) is 22.8 Å². The maximum Gasteiger partial charge on any atom is 0.277 e. The van der Waals surface area contributed by atoms with Crippen LogP contribution in [0, 0.1) is 6.92 Å². The van der Waals surface area contributed by atoms with Crippen LogP contribution >= 0.6 is 0 Å². The number of carbonyl (C=O) groups is 2. The van der Waals surface area contributed by atoms with Crippen LogP contribution in [0.1, 0.15) is 28.5 Å². The number of anilines is 1. The summed E-state index contributed by atoms with van der Waals surface area (Å²) < 4.78 is 12.3. The van der Waals surface area contributed by atoms with E-state index >= 15 is 0 Å². The Kier molecular flexibility index (Phi) is 6.63. The maximum absolute atomic E-state index is 14.1. The molecule has 2 amide bonds. The third-order valence-corrected chi connectivity index (χ3v) is 7.02. The topological polar surface area (TPSA) is 85.7 Å². The predicted molar refractivity (Wildman–Crippen MR) is 145 cm³/mol. The molecule has 4 aromatic rings. The van der Waals surface area contributed by atoms with E-state index in [9.17, 15) is 9.59 Å². The molecule has 5 rings (SSSR count). The molecule has 38 heavy (non-hydrogen) atoms. The molecule has 2 heterocycles. The van der Waals surface area contributed by atoms with Crippen molar-refractivity contribution in [2.24, 2.45) is 0 Å². The van der Waals surface area contributed by atoms with Crippen molar-refractivity contribution in [2.75, 3.05) is 19.1 Å². The Morgan fingerprint density at radius 2 is 1.71 bits per heavy atom. The number of carbonyl (C=O) groups excluding carboxylic acids is 2. The normalized spacial score (nSPS) is 16.6. The zero-order valence-corrected chi connectivity index (χ0v) is 21.9. The van der Waals surface area contributed by atoms with Crippen LogP contribution in [0.5, 0.6) is 11.5 Å². The van der Waals surface area contributed by atoms with Crippen molar-refractivity contribution in [3.63, 3.8) is 0 Å². The van der Waals surface area contributed by atoms with Crippen molar-refractivity contribution >= 4 is 17.5 Å². The molecule has 1 N–H and O–H groups in total. The van der Waals surface area contributed by atoms with E-state index in [2.05, 4.69) is 5.32 Å². The first-order valence-electron chi connectivity index (χ1n) is 12.4. The van der Waals surface area contributed by atoms with E-state index in [1.807, 2.05) is 79.7 Å². The van der Waals surface area contributed by atoms with E-state index in [0.29, 0.717) is 22.8 Å².